The Morgan fingerprint density at radius 2 is 1.30 bits per heavy atom. The molecule has 0 N–H and O–H groups in total. The van der Waals surface area contributed by atoms with E-state index < -0.39 is 7.92 Å². The lowest BCUT2D eigenvalue weighted by Gasteiger charge is -2.19. The number of rotatable bonds is 10. The van der Waals surface area contributed by atoms with Gasteiger partial charge in [0.1, 0.15) is 0 Å². The van der Waals surface area contributed by atoms with Gasteiger partial charge in [0.25, 0.3) is 0 Å². The molecule has 0 radical (unpaired) electrons. The molecule has 0 aliphatic heterocycles. The summed E-state index contributed by atoms with van der Waals surface area (Å²) in [6, 6.07) is 29.1. The van der Waals surface area contributed by atoms with Crippen LogP contribution in [0.2, 0.25) is 0 Å². The molecule has 0 aliphatic rings. The molecule has 0 saturated heterocycles. The molecular weight excluding hydrogens is 387 g/mol. The van der Waals surface area contributed by atoms with Gasteiger partial charge in [0.15, 0.2) is 0 Å². The van der Waals surface area contributed by atoms with Gasteiger partial charge < -0.3 is 4.74 Å². The third kappa shape index (κ3) is 6.28. The van der Waals surface area contributed by atoms with Gasteiger partial charge in [-0.3, -0.25) is 0 Å². The van der Waals surface area contributed by atoms with Gasteiger partial charge in [0.2, 0.25) is 0 Å². The number of carbonyl (C=O) groups is 1. The van der Waals surface area contributed by atoms with Crippen molar-refractivity contribution in [2.24, 2.45) is 0 Å². The summed E-state index contributed by atoms with van der Waals surface area (Å²) in [4.78, 5) is 12.5. The summed E-state index contributed by atoms with van der Waals surface area (Å²) in [6.07, 6.45) is 5.66. The second kappa shape index (κ2) is 11.7. The molecule has 0 spiro atoms. The average molecular weight is 419 g/mol. The van der Waals surface area contributed by atoms with E-state index in [0.717, 1.165) is 12.8 Å². The fourth-order valence-corrected chi connectivity index (χ4v) is 5.80. The Labute approximate surface area is 182 Å². The minimum absolute atomic E-state index is 0.0419. The highest BCUT2D eigenvalue weighted by molar-refractivity contribution is 7.79. The van der Waals surface area contributed by atoms with Crippen LogP contribution in [0.1, 0.15) is 56.3 Å². The van der Waals surface area contributed by atoms with Crippen LogP contribution in [0.25, 0.3) is 0 Å². The summed E-state index contributed by atoms with van der Waals surface area (Å²) in [6.45, 7) is 4.19. The minimum Gasteiger partial charge on any atom is -0.459 e. The van der Waals surface area contributed by atoms with Crippen molar-refractivity contribution in [3.05, 3.63) is 90.5 Å². The van der Waals surface area contributed by atoms with Gasteiger partial charge in [-0.25, -0.2) is 4.79 Å². The van der Waals surface area contributed by atoms with Crippen LogP contribution in [0, 0.1) is 0 Å². The Morgan fingerprint density at radius 3 is 1.83 bits per heavy atom. The fraction of sp³-hybridized carbons (Fsp3) is 0.296. The maximum atomic E-state index is 12.5. The normalized spacial score (nSPS) is 12.0. The van der Waals surface area contributed by atoms with E-state index >= 15 is 0 Å². The molecule has 0 fully saturated rings. The number of unbranched alkanes of at least 4 members (excludes halogenated alkanes) is 3. The van der Waals surface area contributed by atoms with E-state index in [1.165, 1.54) is 35.2 Å². The number of esters is 1. The monoisotopic (exact) mass is 418 g/mol. The first-order valence-electron chi connectivity index (χ1n) is 10.9. The molecule has 3 aromatic carbocycles. The van der Waals surface area contributed by atoms with Gasteiger partial charge in [-0.15, -0.1) is 0 Å². The molecule has 0 aromatic heterocycles. The van der Waals surface area contributed by atoms with Crippen molar-refractivity contribution < 1.29 is 9.53 Å². The summed E-state index contributed by atoms with van der Waals surface area (Å²) in [5.74, 6) is -0.228. The summed E-state index contributed by atoms with van der Waals surface area (Å²) < 4.78 is 5.65. The molecule has 3 heteroatoms. The highest BCUT2D eigenvalue weighted by atomic mass is 31.1. The lowest BCUT2D eigenvalue weighted by Crippen LogP contribution is -2.21. The molecule has 0 amide bonds. The van der Waals surface area contributed by atoms with Gasteiger partial charge in [-0.2, -0.15) is 0 Å². The molecule has 0 heterocycles. The van der Waals surface area contributed by atoms with Crippen molar-refractivity contribution in [2.45, 2.75) is 52.1 Å². The first kappa shape index (κ1) is 22.2. The number of benzene rings is 3. The highest BCUT2D eigenvalue weighted by Crippen LogP contribution is 2.32. The molecule has 0 unspecified atom stereocenters. The molecular formula is C27H31O2P. The van der Waals surface area contributed by atoms with Gasteiger partial charge in [-0.05, 0) is 55.7 Å². The molecule has 0 saturated carbocycles. The van der Waals surface area contributed by atoms with E-state index in [0.29, 0.717) is 5.56 Å². The summed E-state index contributed by atoms with van der Waals surface area (Å²) in [5.41, 5.74) is 0.621. The van der Waals surface area contributed by atoms with Gasteiger partial charge >= 0.3 is 5.97 Å². The zero-order valence-corrected chi connectivity index (χ0v) is 18.9. The van der Waals surface area contributed by atoms with Crippen molar-refractivity contribution in [3.63, 3.8) is 0 Å². The summed E-state index contributed by atoms with van der Waals surface area (Å²) in [5, 5.41) is 3.83. The lowest BCUT2D eigenvalue weighted by atomic mass is 10.1. The number of hydrogen-bond donors (Lipinski definition) is 0. The molecule has 2 nitrogen and oxygen atoms in total. The summed E-state index contributed by atoms with van der Waals surface area (Å²) in [7, 11) is -0.658. The second-order valence-electron chi connectivity index (χ2n) is 7.62. The van der Waals surface area contributed by atoms with Crippen LogP contribution in [0.15, 0.2) is 84.9 Å². The van der Waals surface area contributed by atoms with Crippen molar-refractivity contribution in [2.75, 3.05) is 0 Å². The SMILES string of the molecule is CCCCCC[C@@H](C)OC(=O)c1ccc(P(c2ccccc2)c2ccccc2)cc1. The third-order valence-corrected chi connectivity index (χ3v) is 7.61. The maximum absolute atomic E-state index is 12.5. The van der Waals surface area contributed by atoms with Crippen LogP contribution in [0.4, 0.5) is 0 Å². The molecule has 1 atom stereocenters. The Hall–Kier alpha value is -2.44. The lowest BCUT2D eigenvalue weighted by molar-refractivity contribution is 0.0319. The average Bonchev–Trinajstić information content (AvgIpc) is 2.79. The molecule has 0 aliphatic carbocycles. The Morgan fingerprint density at radius 1 is 0.767 bits per heavy atom. The standard InChI is InChI=1S/C27H31O2P/c1-3-4-5-8-13-22(2)29-27(28)23-18-20-26(21-19-23)30(24-14-9-6-10-15-24)25-16-11-7-12-17-25/h6-7,9-12,14-22H,3-5,8,13H2,1-2H3/t22-/m1/s1. The molecule has 3 rings (SSSR count). The molecule has 30 heavy (non-hydrogen) atoms. The zero-order valence-electron chi connectivity index (χ0n) is 18.0. The van der Waals surface area contributed by atoms with E-state index in [1.807, 2.05) is 31.2 Å². The van der Waals surface area contributed by atoms with Crippen LogP contribution in [-0.4, -0.2) is 12.1 Å². The van der Waals surface area contributed by atoms with Crippen LogP contribution in [0.5, 0.6) is 0 Å². The second-order valence-corrected chi connectivity index (χ2v) is 9.84. The Bertz CT molecular complexity index is 852. The topological polar surface area (TPSA) is 26.3 Å². The first-order valence-corrected chi connectivity index (χ1v) is 12.2. The number of carbonyl (C=O) groups excluding carboxylic acids is 1. The van der Waals surface area contributed by atoms with Crippen molar-refractivity contribution >= 4 is 29.8 Å². The van der Waals surface area contributed by atoms with Crippen molar-refractivity contribution in [1.29, 1.82) is 0 Å². The summed E-state index contributed by atoms with van der Waals surface area (Å²) >= 11 is 0. The first-order chi connectivity index (χ1) is 14.7. The van der Waals surface area contributed by atoms with E-state index in [4.69, 9.17) is 4.74 Å². The number of hydrogen-bond acceptors (Lipinski definition) is 2. The van der Waals surface area contributed by atoms with Crippen LogP contribution in [-0.2, 0) is 4.74 Å². The van der Waals surface area contributed by atoms with Crippen LogP contribution >= 0.6 is 7.92 Å². The predicted molar refractivity (Wildman–Crippen MR) is 129 cm³/mol. The smallest absolute Gasteiger partial charge is 0.338 e. The Balaban J connectivity index is 1.72. The minimum atomic E-state index is -0.658. The van der Waals surface area contributed by atoms with Gasteiger partial charge in [0, 0.05) is 0 Å². The van der Waals surface area contributed by atoms with E-state index in [9.17, 15) is 4.79 Å². The molecule has 0 bridgehead atoms. The van der Waals surface area contributed by atoms with Gasteiger partial charge in [0.05, 0.1) is 11.7 Å². The van der Waals surface area contributed by atoms with Crippen molar-refractivity contribution in [1.82, 2.24) is 0 Å². The fourth-order valence-electron chi connectivity index (χ4n) is 3.52. The van der Waals surface area contributed by atoms with E-state index in [1.54, 1.807) is 0 Å². The van der Waals surface area contributed by atoms with Crippen molar-refractivity contribution in [3.8, 4) is 0 Å². The highest BCUT2D eigenvalue weighted by Gasteiger charge is 2.17. The van der Waals surface area contributed by atoms with Crippen LogP contribution in [0.3, 0.4) is 0 Å². The quantitative estimate of drug-likeness (QED) is 0.231. The van der Waals surface area contributed by atoms with E-state index in [-0.39, 0.29) is 12.1 Å². The van der Waals surface area contributed by atoms with E-state index in [2.05, 4.69) is 67.6 Å². The number of ether oxygens (including phenoxy) is 1. The maximum Gasteiger partial charge on any atom is 0.338 e. The van der Waals surface area contributed by atoms with Gasteiger partial charge in [-0.1, -0.05) is 99.0 Å². The third-order valence-electron chi connectivity index (χ3n) is 5.16. The largest absolute Gasteiger partial charge is 0.459 e. The molecule has 3 aromatic rings. The Kier molecular flexibility index (Phi) is 8.66. The predicted octanol–water partition coefficient (Wildman–Crippen LogP) is 5.96. The zero-order chi connectivity index (χ0) is 21.2. The molecule has 156 valence electrons. The van der Waals surface area contributed by atoms with Crippen LogP contribution < -0.4 is 15.9 Å².